The Labute approximate surface area is 136 Å². The Balaban J connectivity index is 2.22. The number of carbonyl (C=O) groups excluding carboxylic acids is 1. The molecule has 0 spiro atoms. The maximum Gasteiger partial charge on any atom is 0.407 e. The van der Waals surface area contributed by atoms with Crippen molar-refractivity contribution in [3.63, 3.8) is 0 Å². The highest BCUT2D eigenvalue weighted by molar-refractivity contribution is 5.67. The zero-order valence-corrected chi connectivity index (χ0v) is 13.5. The molecule has 0 saturated carbocycles. The number of carboxylic acid groups (broad SMARTS) is 1. The van der Waals surface area contributed by atoms with Crippen molar-refractivity contribution in [1.29, 1.82) is 0 Å². The lowest BCUT2D eigenvalue weighted by atomic mass is 10.0. The fraction of sp³-hybridized carbons (Fsp3) is 0.529. The van der Waals surface area contributed by atoms with Crippen molar-refractivity contribution in [3.05, 3.63) is 35.9 Å². The molecular weight excluding hydrogens is 298 g/mol. The first-order valence-corrected chi connectivity index (χ1v) is 7.86. The van der Waals surface area contributed by atoms with Gasteiger partial charge >= 0.3 is 12.1 Å². The molecule has 1 amide bonds. The van der Waals surface area contributed by atoms with E-state index in [0.29, 0.717) is 26.2 Å². The molecule has 0 aliphatic carbocycles. The van der Waals surface area contributed by atoms with E-state index in [4.69, 9.17) is 14.6 Å². The number of benzene rings is 1. The summed E-state index contributed by atoms with van der Waals surface area (Å²) in [5.41, 5.74) is 0.916. The Morgan fingerprint density at radius 2 is 2.00 bits per heavy atom. The summed E-state index contributed by atoms with van der Waals surface area (Å²) in [6.07, 6.45) is 0.961. The third-order valence-corrected chi connectivity index (χ3v) is 3.20. The Bertz CT molecular complexity index is 463. The van der Waals surface area contributed by atoms with Crippen LogP contribution in [0, 0.1) is 5.92 Å². The van der Waals surface area contributed by atoms with Crippen LogP contribution in [0.25, 0.3) is 0 Å². The predicted molar refractivity (Wildman–Crippen MR) is 86.1 cm³/mol. The number of hydrogen-bond donors (Lipinski definition) is 2. The molecule has 6 heteroatoms. The second kappa shape index (κ2) is 11.5. The van der Waals surface area contributed by atoms with Gasteiger partial charge in [0, 0.05) is 13.2 Å². The molecule has 1 aromatic carbocycles. The topological polar surface area (TPSA) is 84.9 Å². The molecule has 23 heavy (non-hydrogen) atoms. The van der Waals surface area contributed by atoms with Crippen molar-refractivity contribution in [2.45, 2.75) is 32.8 Å². The van der Waals surface area contributed by atoms with Crippen LogP contribution in [0.1, 0.15) is 31.7 Å². The number of alkyl carbamates (subject to hydrolysis) is 1. The first-order chi connectivity index (χ1) is 11.1. The van der Waals surface area contributed by atoms with Gasteiger partial charge in [-0.3, -0.25) is 4.79 Å². The van der Waals surface area contributed by atoms with E-state index in [9.17, 15) is 9.59 Å². The molecule has 0 heterocycles. The van der Waals surface area contributed by atoms with E-state index >= 15 is 0 Å². The van der Waals surface area contributed by atoms with E-state index in [1.165, 1.54) is 0 Å². The van der Waals surface area contributed by atoms with Crippen LogP contribution in [0.2, 0.25) is 0 Å². The van der Waals surface area contributed by atoms with Crippen molar-refractivity contribution < 1.29 is 24.2 Å². The highest BCUT2D eigenvalue weighted by atomic mass is 16.5. The van der Waals surface area contributed by atoms with Crippen LogP contribution in [0.4, 0.5) is 4.79 Å². The SMILES string of the molecule is CCCOC[C@@H](CCNC(=O)OCc1ccccc1)CC(=O)O. The van der Waals surface area contributed by atoms with Crippen molar-refractivity contribution in [1.82, 2.24) is 5.32 Å². The van der Waals surface area contributed by atoms with Crippen molar-refractivity contribution in [2.24, 2.45) is 5.92 Å². The summed E-state index contributed by atoms with van der Waals surface area (Å²) in [5, 5.41) is 11.5. The standard InChI is InChI=1S/C17H25NO5/c1-2-10-22-12-15(11-16(19)20)8-9-18-17(21)23-13-14-6-4-3-5-7-14/h3-7,15H,2,8-13H2,1H3,(H,18,21)(H,19,20)/t15-/m0/s1. The number of ether oxygens (including phenoxy) is 2. The Kier molecular flexibility index (Phi) is 9.47. The third-order valence-electron chi connectivity index (χ3n) is 3.20. The summed E-state index contributed by atoms with van der Waals surface area (Å²) in [5.74, 6) is -0.977. The molecule has 0 aliphatic rings. The van der Waals surface area contributed by atoms with Gasteiger partial charge in [-0.05, 0) is 24.3 Å². The smallest absolute Gasteiger partial charge is 0.407 e. The molecule has 128 valence electrons. The lowest BCUT2D eigenvalue weighted by Crippen LogP contribution is -2.28. The van der Waals surface area contributed by atoms with E-state index in [0.717, 1.165) is 12.0 Å². The number of aliphatic carboxylic acids is 1. The largest absolute Gasteiger partial charge is 0.481 e. The second-order valence-electron chi connectivity index (χ2n) is 5.32. The molecule has 0 aromatic heterocycles. The Hall–Kier alpha value is -2.08. The molecule has 0 unspecified atom stereocenters. The van der Waals surface area contributed by atoms with Crippen molar-refractivity contribution >= 4 is 12.1 Å². The minimum atomic E-state index is -0.859. The molecule has 0 fully saturated rings. The number of carboxylic acids is 1. The predicted octanol–water partition coefficient (Wildman–Crippen LogP) is 2.82. The van der Waals surface area contributed by atoms with Crippen LogP contribution < -0.4 is 5.32 Å². The number of rotatable bonds is 11. The number of carbonyl (C=O) groups is 2. The van der Waals surface area contributed by atoms with E-state index in [1.54, 1.807) is 0 Å². The average molecular weight is 323 g/mol. The van der Waals surface area contributed by atoms with Gasteiger partial charge in [-0.1, -0.05) is 37.3 Å². The zero-order valence-electron chi connectivity index (χ0n) is 13.5. The minimum absolute atomic E-state index is 0.0322. The van der Waals surface area contributed by atoms with E-state index in [-0.39, 0.29) is 18.9 Å². The molecule has 0 saturated heterocycles. The first kappa shape index (κ1) is 19.0. The van der Waals surface area contributed by atoms with E-state index in [1.807, 2.05) is 37.3 Å². The minimum Gasteiger partial charge on any atom is -0.481 e. The summed E-state index contributed by atoms with van der Waals surface area (Å²) in [7, 11) is 0. The van der Waals surface area contributed by atoms with E-state index < -0.39 is 12.1 Å². The molecule has 2 N–H and O–H groups in total. The van der Waals surface area contributed by atoms with Gasteiger partial charge in [-0.15, -0.1) is 0 Å². The highest BCUT2D eigenvalue weighted by Crippen LogP contribution is 2.09. The molecule has 1 rings (SSSR count). The normalized spacial score (nSPS) is 11.7. The van der Waals surface area contributed by atoms with Crippen LogP contribution >= 0.6 is 0 Å². The monoisotopic (exact) mass is 323 g/mol. The van der Waals surface area contributed by atoms with Gasteiger partial charge in [0.15, 0.2) is 0 Å². The summed E-state index contributed by atoms with van der Waals surface area (Å²) >= 11 is 0. The molecule has 1 aromatic rings. The number of nitrogens with one attached hydrogen (secondary N) is 1. The van der Waals surface area contributed by atoms with Gasteiger partial charge in [0.05, 0.1) is 13.0 Å². The summed E-state index contributed by atoms with van der Waals surface area (Å²) in [4.78, 5) is 22.4. The molecule has 0 radical (unpaired) electrons. The maximum atomic E-state index is 11.6. The van der Waals surface area contributed by atoms with Gasteiger partial charge < -0.3 is 19.9 Å². The first-order valence-electron chi connectivity index (χ1n) is 7.86. The van der Waals surface area contributed by atoms with Gasteiger partial charge in [0.1, 0.15) is 6.61 Å². The zero-order chi connectivity index (χ0) is 16.9. The van der Waals surface area contributed by atoms with Crippen LogP contribution in [-0.4, -0.2) is 36.9 Å². The number of hydrogen-bond acceptors (Lipinski definition) is 4. The van der Waals surface area contributed by atoms with Crippen molar-refractivity contribution in [2.75, 3.05) is 19.8 Å². The van der Waals surface area contributed by atoms with Gasteiger partial charge in [0.2, 0.25) is 0 Å². The highest BCUT2D eigenvalue weighted by Gasteiger charge is 2.14. The fourth-order valence-electron chi connectivity index (χ4n) is 2.04. The fourth-order valence-corrected chi connectivity index (χ4v) is 2.04. The van der Waals surface area contributed by atoms with Crippen LogP contribution in [0.3, 0.4) is 0 Å². The quantitative estimate of drug-likeness (QED) is 0.612. The molecule has 0 bridgehead atoms. The lowest BCUT2D eigenvalue weighted by Gasteiger charge is -2.15. The molecule has 6 nitrogen and oxygen atoms in total. The van der Waals surface area contributed by atoms with Crippen molar-refractivity contribution in [3.8, 4) is 0 Å². The van der Waals surface area contributed by atoms with Crippen LogP contribution in [0.15, 0.2) is 30.3 Å². The Morgan fingerprint density at radius 3 is 2.65 bits per heavy atom. The van der Waals surface area contributed by atoms with Gasteiger partial charge in [-0.2, -0.15) is 0 Å². The Morgan fingerprint density at radius 1 is 1.26 bits per heavy atom. The molecule has 1 atom stereocenters. The number of amides is 1. The molecular formula is C17H25NO5. The summed E-state index contributed by atoms with van der Waals surface area (Å²) < 4.78 is 10.5. The van der Waals surface area contributed by atoms with Gasteiger partial charge in [-0.25, -0.2) is 4.79 Å². The third kappa shape index (κ3) is 9.52. The van der Waals surface area contributed by atoms with E-state index in [2.05, 4.69) is 5.32 Å². The summed E-state index contributed by atoms with van der Waals surface area (Å²) in [6, 6.07) is 9.40. The average Bonchev–Trinajstić information content (AvgIpc) is 2.53. The molecule has 0 aliphatic heterocycles. The van der Waals surface area contributed by atoms with Crippen LogP contribution in [-0.2, 0) is 20.9 Å². The van der Waals surface area contributed by atoms with Gasteiger partial charge in [0.25, 0.3) is 0 Å². The van der Waals surface area contributed by atoms with Crippen LogP contribution in [0.5, 0.6) is 0 Å². The lowest BCUT2D eigenvalue weighted by molar-refractivity contribution is -0.138. The second-order valence-corrected chi connectivity index (χ2v) is 5.32. The summed E-state index contributed by atoms with van der Waals surface area (Å²) in [6.45, 7) is 3.58. The maximum absolute atomic E-state index is 11.6.